The van der Waals surface area contributed by atoms with Gasteiger partial charge in [0.05, 0.1) is 30.8 Å². The lowest BCUT2D eigenvalue weighted by Crippen LogP contribution is -2.47. The number of ether oxygens (including phenoxy) is 1. The Morgan fingerprint density at radius 1 is 1.17 bits per heavy atom. The van der Waals surface area contributed by atoms with Crippen LogP contribution in [0, 0.1) is 0 Å². The van der Waals surface area contributed by atoms with E-state index in [4.69, 9.17) is 21.4 Å². The van der Waals surface area contributed by atoms with Gasteiger partial charge >= 0.3 is 18.0 Å². The van der Waals surface area contributed by atoms with Crippen LogP contribution in [0.25, 0.3) is 0 Å². The molecule has 1 aliphatic rings. The smallest absolute Gasteiger partial charge is 0.337 e. The first-order chi connectivity index (χ1) is 13.8. The predicted molar refractivity (Wildman–Crippen MR) is 106 cm³/mol. The second-order valence-corrected chi connectivity index (χ2v) is 6.89. The minimum Gasteiger partial charge on any atom is -0.478 e. The largest absolute Gasteiger partial charge is 0.478 e. The standard InChI is InChI=1S/C21H19ClN2O5/c1-12-17(20(27)29-2)18(15-5-3-4-6-16(15)22)23-21(28)24(12)11-13-7-9-14(10-8-13)19(25)26/h3-10,18H,11H2,1-2H3,(H,23,28)(H,25,26)/t18-/m0/s1. The monoisotopic (exact) mass is 414 g/mol. The Bertz CT molecular complexity index is 1000. The molecule has 2 amide bonds. The second-order valence-electron chi connectivity index (χ2n) is 6.48. The minimum atomic E-state index is -1.03. The van der Waals surface area contributed by atoms with Crippen molar-refractivity contribution in [2.24, 2.45) is 0 Å². The van der Waals surface area contributed by atoms with Gasteiger partial charge in [-0.3, -0.25) is 4.90 Å². The number of nitrogens with zero attached hydrogens (tertiary/aromatic N) is 1. The summed E-state index contributed by atoms with van der Waals surface area (Å²) in [6.07, 6.45) is 0. The number of carboxylic acids is 1. The molecule has 0 spiro atoms. The third-order valence-electron chi connectivity index (χ3n) is 4.76. The fourth-order valence-corrected chi connectivity index (χ4v) is 3.47. The molecular formula is C21H19ClN2O5. The molecule has 2 aromatic rings. The minimum absolute atomic E-state index is 0.151. The molecule has 29 heavy (non-hydrogen) atoms. The number of amides is 2. The summed E-state index contributed by atoms with van der Waals surface area (Å²) in [6, 6.07) is 12.0. The summed E-state index contributed by atoms with van der Waals surface area (Å²) >= 11 is 6.29. The average molecular weight is 415 g/mol. The number of urea groups is 1. The van der Waals surface area contributed by atoms with E-state index in [1.807, 2.05) is 0 Å². The molecule has 3 rings (SSSR count). The summed E-state index contributed by atoms with van der Waals surface area (Å²) in [7, 11) is 1.28. The van der Waals surface area contributed by atoms with Crippen molar-refractivity contribution in [1.29, 1.82) is 0 Å². The first-order valence-corrected chi connectivity index (χ1v) is 9.15. The fraction of sp³-hybridized carbons (Fsp3) is 0.190. The van der Waals surface area contributed by atoms with Crippen molar-refractivity contribution in [1.82, 2.24) is 10.2 Å². The van der Waals surface area contributed by atoms with Gasteiger partial charge in [-0.25, -0.2) is 14.4 Å². The molecule has 2 aromatic carbocycles. The highest BCUT2D eigenvalue weighted by Crippen LogP contribution is 2.35. The lowest BCUT2D eigenvalue weighted by atomic mass is 9.94. The molecule has 150 valence electrons. The van der Waals surface area contributed by atoms with Crippen LogP contribution < -0.4 is 5.32 Å². The Kier molecular flexibility index (Phi) is 5.89. The number of aromatic carboxylic acids is 1. The van der Waals surface area contributed by atoms with Crippen LogP contribution in [-0.4, -0.2) is 35.1 Å². The molecule has 0 unspecified atom stereocenters. The van der Waals surface area contributed by atoms with Gasteiger partial charge in [0.2, 0.25) is 0 Å². The van der Waals surface area contributed by atoms with Crippen molar-refractivity contribution in [2.75, 3.05) is 7.11 Å². The van der Waals surface area contributed by atoms with Gasteiger partial charge in [-0.1, -0.05) is 41.9 Å². The van der Waals surface area contributed by atoms with E-state index in [2.05, 4.69) is 5.32 Å². The molecule has 1 heterocycles. The Balaban J connectivity index is 2.00. The summed E-state index contributed by atoms with van der Waals surface area (Å²) in [5.74, 6) is -1.60. The SMILES string of the molecule is COC(=O)C1=C(C)N(Cc2ccc(C(=O)O)cc2)C(=O)N[C@H]1c1ccccc1Cl. The maximum Gasteiger partial charge on any atom is 0.337 e. The predicted octanol–water partition coefficient (Wildman–Crippen LogP) is 3.75. The van der Waals surface area contributed by atoms with E-state index >= 15 is 0 Å². The van der Waals surface area contributed by atoms with E-state index in [0.29, 0.717) is 21.8 Å². The van der Waals surface area contributed by atoms with Crippen molar-refractivity contribution in [2.45, 2.75) is 19.5 Å². The Labute approximate surface area is 172 Å². The molecule has 0 fully saturated rings. The maximum atomic E-state index is 12.8. The summed E-state index contributed by atoms with van der Waals surface area (Å²) in [5, 5.41) is 12.3. The van der Waals surface area contributed by atoms with Crippen LogP contribution in [0.4, 0.5) is 4.79 Å². The molecule has 0 saturated carbocycles. The third-order valence-corrected chi connectivity index (χ3v) is 5.10. The first-order valence-electron chi connectivity index (χ1n) is 8.77. The van der Waals surface area contributed by atoms with Crippen molar-refractivity contribution in [3.05, 3.63) is 81.5 Å². The van der Waals surface area contributed by atoms with E-state index < -0.39 is 24.0 Å². The lowest BCUT2D eigenvalue weighted by Gasteiger charge is -2.35. The summed E-state index contributed by atoms with van der Waals surface area (Å²) < 4.78 is 4.94. The zero-order valence-corrected chi connectivity index (χ0v) is 16.6. The maximum absolute atomic E-state index is 12.8. The average Bonchev–Trinajstić information content (AvgIpc) is 2.71. The van der Waals surface area contributed by atoms with Crippen molar-refractivity contribution in [3.63, 3.8) is 0 Å². The van der Waals surface area contributed by atoms with Crippen LogP contribution in [0.3, 0.4) is 0 Å². The number of hydrogen-bond acceptors (Lipinski definition) is 4. The van der Waals surface area contributed by atoms with Gasteiger partial charge < -0.3 is 15.2 Å². The van der Waals surface area contributed by atoms with Crippen molar-refractivity contribution < 1.29 is 24.2 Å². The van der Waals surface area contributed by atoms with Gasteiger partial charge in [0, 0.05) is 10.7 Å². The number of benzene rings is 2. The Morgan fingerprint density at radius 3 is 2.41 bits per heavy atom. The second kappa shape index (κ2) is 8.36. The molecule has 7 nitrogen and oxygen atoms in total. The normalized spacial score (nSPS) is 16.4. The van der Waals surface area contributed by atoms with E-state index in [9.17, 15) is 14.4 Å². The van der Waals surface area contributed by atoms with Gasteiger partial charge in [-0.2, -0.15) is 0 Å². The molecule has 8 heteroatoms. The van der Waals surface area contributed by atoms with E-state index in [-0.39, 0.29) is 17.7 Å². The van der Waals surface area contributed by atoms with Crippen LogP contribution >= 0.6 is 11.6 Å². The number of esters is 1. The molecule has 0 radical (unpaired) electrons. The molecule has 0 bridgehead atoms. The molecule has 1 atom stereocenters. The summed E-state index contributed by atoms with van der Waals surface area (Å²) in [4.78, 5) is 37.8. The molecular weight excluding hydrogens is 396 g/mol. The van der Waals surface area contributed by atoms with E-state index in [0.717, 1.165) is 0 Å². The number of carbonyl (C=O) groups excluding carboxylic acids is 2. The highest BCUT2D eigenvalue weighted by molar-refractivity contribution is 6.31. The molecule has 0 aromatic heterocycles. The highest BCUT2D eigenvalue weighted by atomic mass is 35.5. The number of methoxy groups -OCH3 is 1. The Morgan fingerprint density at radius 2 is 1.83 bits per heavy atom. The van der Waals surface area contributed by atoms with Gasteiger partial charge in [-0.05, 0) is 36.2 Å². The highest BCUT2D eigenvalue weighted by Gasteiger charge is 2.37. The molecule has 0 aliphatic carbocycles. The van der Waals surface area contributed by atoms with Gasteiger partial charge in [0.15, 0.2) is 0 Å². The molecule has 1 aliphatic heterocycles. The van der Waals surface area contributed by atoms with Gasteiger partial charge in [0.25, 0.3) is 0 Å². The summed E-state index contributed by atoms with van der Waals surface area (Å²) in [6.45, 7) is 1.83. The van der Waals surface area contributed by atoms with Gasteiger partial charge in [-0.15, -0.1) is 0 Å². The zero-order valence-electron chi connectivity index (χ0n) is 15.8. The molecule has 2 N–H and O–H groups in total. The Hall–Kier alpha value is -3.32. The van der Waals surface area contributed by atoms with E-state index in [1.54, 1.807) is 43.3 Å². The van der Waals surface area contributed by atoms with Gasteiger partial charge in [0.1, 0.15) is 0 Å². The van der Waals surface area contributed by atoms with Crippen LogP contribution in [0.5, 0.6) is 0 Å². The van der Waals surface area contributed by atoms with E-state index in [1.165, 1.54) is 24.1 Å². The van der Waals surface area contributed by atoms with Crippen LogP contribution in [0.15, 0.2) is 59.8 Å². The topological polar surface area (TPSA) is 95.9 Å². The van der Waals surface area contributed by atoms with Crippen molar-refractivity contribution >= 4 is 29.6 Å². The number of rotatable bonds is 5. The third kappa shape index (κ3) is 4.09. The number of carbonyl (C=O) groups is 3. The number of nitrogens with one attached hydrogen (secondary N) is 1. The lowest BCUT2D eigenvalue weighted by molar-refractivity contribution is -0.136. The fourth-order valence-electron chi connectivity index (χ4n) is 3.22. The van der Waals surface area contributed by atoms with Crippen LogP contribution in [0.1, 0.15) is 34.5 Å². The van der Waals surface area contributed by atoms with Crippen LogP contribution in [0.2, 0.25) is 5.02 Å². The number of halogens is 1. The quantitative estimate of drug-likeness (QED) is 0.726. The molecule has 0 saturated heterocycles. The number of hydrogen-bond donors (Lipinski definition) is 2. The number of allylic oxidation sites excluding steroid dienone is 1. The zero-order chi connectivity index (χ0) is 21.1. The first kappa shape index (κ1) is 20.4. The number of carboxylic acid groups (broad SMARTS) is 1. The summed E-state index contributed by atoms with van der Waals surface area (Å²) in [5.41, 5.74) is 2.17. The van der Waals surface area contributed by atoms with Crippen LogP contribution in [-0.2, 0) is 16.1 Å². The van der Waals surface area contributed by atoms with Crippen molar-refractivity contribution in [3.8, 4) is 0 Å².